The summed E-state index contributed by atoms with van der Waals surface area (Å²) in [6.07, 6.45) is 2.45. The first kappa shape index (κ1) is 16.3. The van der Waals surface area contributed by atoms with Gasteiger partial charge in [-0.15, -0.1) is 0 Å². The molecule has 0 aromatic heterocycles. The number of hydrogen-bond donors (Lipinski definition) is 1. The van der Waals surface area contributed by atoms with Crippen LogP contribution in [0, 0.1) is 0 Å². The number of ether oxygens (including phenoxy) is 1. The molecule has 110 valence electrons. The summed E-state index contributed by atoms with van der Waals surface area (Å²) in [5.41, 5.74) is -1.68. The maximum atomic E-state index is 5.19. The van der Waals surface area contributed by atoms with E-state index in [0.717, 1.165) is 13.0 Å². The summed E-state index contributed by atoms with van der Waals surface area (Å²) in [4.78, 5) is 0. The van der Waals surface area contributed by atoms with Crippen molar-refractivity contribution >= 4 is 31.4 Å². The Kier molecular flexibility index (Phi) is 6.47. The van der Waals surface area contributed by atoms with Crippen LogP contribution in [0.15, 0.2) is 73.5 Å². The van der Waals surface area contributed by atoms with E-state index in [0.29, 0.717) is 6.61 Å². The van der Waals surface area contributed by atoms with E-state index in [-0.39, 0.29) is 0 Å². The molecule has 0 radical (unpaired) electrons. The summed E-state index contributed by atoms with van der Waals surface area (Å²) in [6, 6.07) is 21.2. The average molecular weight is 364 g/mol. The molecular weight excluding hydrogens is 344 g/mol. The molecule has 2 aromatic rings. The van der Waals surface area contributed by atoms with E-state index in [2.05, 4.69) is 87.4 Å². The van der Waals surface area contributed by atoms with E-state index in [1.54, 1.807) is 0 Å². The van der Waals surface area contributed by atoms with Gasteiger partial charge >= 0.3 is 134 Å². The average Bonchev–Trinajstić information content (AvgIpc) is 2.56. The van der Waals surface area contributed by atoms with Gasteiger partial charge in [0.1, 0.15) is 0 Å². The van der Waals surface area contributed by atoms with Gasteiger partial charge in [-0.2, -0.15) is 0 Å². The Bertz CT molecular complexity index is 557. The van der Waals surface area contributed by atoms with Gasteiger partial charge in [0, 0.05) is 0 Å². The molecule has 4 heteroatoms. The second kappa shape index (κ2) is 8.36. The van der Waals surface area contributed by atoms with Gasteiger partial charge in [0.15, 0.2) is 0 Å². The van der Waals surface area contributed by atoms with Gasteiger partial charge in [-0.1, -0.05) is 0 Å². The maximum absolute atomic E-state index is 5.19. The van der Waals surface area contributed by atoms with Crippen LogP contribution in [0.25, 0.3) is 0 Å². The molecule has 0 spiro atoms. The minimum atomic E-state index is -1.68. The first-order valence-electron chi connectivity index (χ1n) is 6.96. The first-order valence-corrected chi connectivity index (χ1v) is 11.0. The van der Waals surface area contributed by atoms with Crippen molar-refractivity contribution in [3.8, 4) is 0 Å². The zero-order valence-electron chi connectivity index (χ0n) is 11.9. The van der Waals surface area contributed by atoms with Gasteiger partial charge in [-0.25, -0.2) is 0 Å². The summed E-state index contributed by atoms with van der Waals surface area (Å²) < 4.78 is 5.19. The van der Waals surface area contributed by atoms with Crippen molar-refractivity contribution in [2.45, 2.75) is 6.42 Å². The molecule has 2 aromatic carbocycles. The van der Waals surface area contributed by atoms with Gasteiger partial charge < -0.3 is 0 Å². The van der Waals surface area contributed by atoms with Gasteiger partial charge in [0.25, 0.3) is 0 Å². The molecule has 0 atom stereocenters. The molecule has 0 aliphatic rings. The van der Waals surface area contributed by atoms with E-state index in [9.17, 15) is 0 Å². The zero-order valence-corrected chi connectivity index (χ0v) is 14.6. The molecule has 0 saturated heterocycles. The Morgan fingerprint density at radius 1 is 1.00 bits per heavy atom. The standard InChI is InChI=1S/C17H20NOPSe/c1-2-19-15-9-14-18-20(21,16-10-5-3-6-11-16)17-12-7-4-8-13-17/h2-8,10-13H,1,9,14-15H2,(H,18,21). The van der Waals surface area contributed by atoms with Gasteiger partial charge in [0.2, 0.25) is 0 Å². The molecule has 0 fully saturated rings. The fraction of sp³-hybridized carbons (Fsp3) is 0.176. The molecular formula is C17H20NOPSe. The van der Waals surface area contributed by atoms with Crippen LogP contribution < -0.4 is 15.7 Å². The Labute approximate surface area is 134 Å². The molecule has 0 saturated carbocycles. The van der Waals surface area contributed by atoms with E-state index < -0.39 is 5.66 Å². The van der Waals surface area contributed by atoms with Gasteiger partial charge in [-0.05, 0) is 0 Å². The fourth-order valence-corrected chi connectivity index (χ4v) is 6.51. The SMILES string of the molecule is C=COCCCNP(=[Se])(c1ccccc1)c1ccccc1. The van der Waals surface area contributed by atoms with Crippen molar-refractivity contribution in [1.29, 1.82) is 0 Å². The van der Waals surface area contributed by atoms with Crippen LogP contribution in [0.3, 0.4) is 0 Å². The molecule has 0 amide bonds. The number of hydrogen-bond acceptors (Lipinski definition) is 2. The van der Waals surface area contributed by atoms with Crippen molar-refractivity contribution in [2.24, 2.45) is 0 Å². The normalized spacial score (nSPS) is 11.0. The molecule has 0 aliphatic carbocycles. The molecule has 0 bridgehead atoms. The summed E-state index contributed by atoms with van der Waals surface area (Å²) in [6.45, 7) is 5.16. The third kappa shape index (κ3) is 4.43. The summed E-state index contributed by atoms with van der Waals surface area (Å²) >= 11 is 3.45. The number of nitrogens with one attached hydrogen (secondary N) is 1. The van der Waals surface area contributed by atoms with Crippen LogP contribution in [0.2, 0.25) is 0 Å². The third-order valence-electron chi connectivity index (χ3n) is 3.13. The van der Waals surface area contributed by atoms with E-state index in [4.69, 9.17) is 4.74 Å². The van der Waals surface area contributed by atoms with Crippen LogP contribution in [-0.2, 0) is 4.74 Å². The Balaban J connectivity index is 2.19. The van der Waals surface area contributed by atoms with E-state index in [1.165, 1.54) is 16.9 Å². The Morgan fingerprint density at radius 3 is 2.00 bits per heavy atom. The fourth-order valence-electron chi connectivity index (χ4n) is 2.08. The second-order valence-electron chi connectivity index (χ2n) is 4.58. The minimum absolute atomic E-state index is 0.695. The molecule has 21 heavy (non-hydrogen) atoms. The first-order chi connectivity index (χ1) is 10.3. The summed E-state index contributed by atoms with van der Waals surface area (Å²) in [7, 11) is 0. The van der Waals surface area contributed by atoms with Crippen molar-refractivity contribution in [2.75, 3.05) is 13.2 Å². The zero-order chi connectivity index (χ0) is 15.0. The van der Waals surface area contributed by atoms with Crippen molar-refractivity contribution in [3.05, 3.63) is 73.5 Å². The predicted octanol–water partition coefficient (Wildman–Crippen LogP) is 2.79. The van der Waals surface area contributed by atoms with Crippen molar-refractivity contribution in [3.63, 3.8) is 0 Å². The summed E-state index contributed by atoms with van der Waals surface area (Å²) in [5.74, 6) is 0. The van der Waals surface area contributed by atoms with E-state index >= 15 is 0 Å². The van der Waals surface area contributed by atoms with Crippen LogP contribution in [0.5, 0.6) is 0 Å². The molecule has 2 nitrogen and oxygen atoms in total. The molecule has 2 rings (SSSR count). The number of rotatable bonds is 8. The topological polar surface area (TPSA) is 21.3 Å². The summed E-state index contributed by atoms with van der Waals surface area (Å²) in [5, 5.41) is 6.37. The van der Waals surface area contributed by atoms with Crippen molar-refractivity contribution < 1.29 is 4.74 Å². The van der Waals surface area contributed by atoms with Crippen LogP contribution in [0.4, 0.5) is 0 Å². The van der Waals surface area contributed by atoms with E-state index in [1.807, 2.05) is 0 Å². The Morgan fingerprint density at radius 2 is 1.52 bits per heavy atom. The van der Waals surface area contributed by atoms with Crippen molar-refractivity contribution in [1.82, 2.24) is 5.09 Å². The molecule has 0 heterocycles. The van der Waals surface area contributed by atoms with Gasteiger partial charge in [0.05, 0.1) is 0 Å². The monoisotopic (exact) mass is 365 g/mol. The number of benzene rings is 2. The van der Waals surface area contributed by atoms with Crippen LogP contribution >= 0.6 is 5.66 Å². The molecule has 1 N–H and O–H groups in total. The third-order valence-corrected chi connectivity index (χ3v) is 9.32. The van der Waals surface area contributed by atoms with Crippen LogP contribution in [-0.4, -0.2) is 28.2 Å². The molecule has 0 aliphatic heterocycles. The van der Waals surface area contributed by atoms with Crippen LogP contribution in [0.1, 0.15) is 6.42 Å². The predicted molar refractivity (Wildman–Crippen MR) is 93.6 cm³/mol. The quantitative estimate of drug-likeness (QED) is 0.337. The van der Waals surface area contributed by atoms with Gasteiger partial charge in [-0.3, -0.25) is 0 Å². The second-order valence-corrected chi connectivity index (χ2v) is 10.6. The molecule has 0 unspecified atom stereocenters. The Hall–Kier alpha value is -1.11.